The fraction of sp³-hybridized carbons (Fsp3) is 0.222. The van der Waals surface area contributed by atoms with Crippen molar-refractivity contribution in [1.29, 1.82) is 0 Å². The van der Waals surface area contributed by atoms with Gasteiger partial charge in [-0.2, -0.15) is 0 Å². The number of carbonyl (C=O) groups is 1. The maximum atomic E-state index is 10.9. The second-order valence-corrected chi connectivity index (χ2v) is 2.92. The smallest absolute Gasteiger partial charge is 0.496 e. The van der Waals surface area contributed by atoms with Gasteiger partial charge in [-0.25, -0.2) is 0 Å². The van der Waals surface area contributed by atoms with Crippen LogP contribution in [0, 0.1) is 0 Å². The summed E-state index contributed by atoms with van der Waals surface area (Å²) in [5, 5.41) is 0. The number of ether oxygens (including phenoxy) is 1. The maximum Gasteiger partial charge on any atom is 1.00 e. The normalized spacial score (nSPS) is 8.85. The van der Waals surface area contributed by atoms with E-state index in [4.69, 9.17) is 4.74 Å². The van der Waals surface area contributed by atoms with Crippen molar-refractivity contribution in [2.24, 2.45) is 0 Å². The SMILES string of the molecule is COc1cc(C(C)=O)ccc1S.[Na+]. The van der Waals surface area contributed by atoms with Crippen molar-refractivity contribution in [2.45, 2.75) is 11.8 Å². The zero-order valence-electron chi connectivity index (χ0n) is 8.00. The van der Waals surface area contributed by atoms with Gasteiger partial charge in [-0.05, 0) is 19.1 Å². The van der Waals surface area contributed by atoms with Gasteiger partial charge in [-0.3, -0.25) is 4.79 Å². The summed E-state index contributed by atoms with van der Waals surface area (Å²) in [4.78, 5) is 11.7. The van der Waals surface area contributed by atoms with Crippen LogP contribution in [0.25, 0.3) is 0 Å². The molecule has 0 amide bonds. The summed E-state index contributed by atoms with van der Waals surface area (Å²) in [5.74, 6) is 0.660. The van der Waals surface area contributed by atoms with E-state index in [9.17, 15) is 4.79 Å². The molecule has 1 rings (SSSR count). The van der Waals surface area contributed by atoms with Gasteiger partial charge in [0.1, 0.15) is 5.75 Å². The van der Waals surface area contributed by atoms with E-state index < -0.39 is 0 Å². The second kappa shape index (κ2) is 5.70. The number of ketones is 1. The fourth-order valence-corrected chi connectivity index (χ4v) is 1.13. The Morgan fingerprint density at radius 2 is 2.08 bits per heavy atom. The van der Waals surface area contributed by atoms with Gasteiger partial charge in [0.15, 0.2) is 5.78 Å². The Kier molecular flexibility index (Phi) is 5.72. The summed E-state index contributed by atoms with van der Waals surface area (Å²) in [6, 6.07) is 5.16. The molecule has 4 heteroatoms. The van der Waals surface area contributed by atoms with Crippen LogP contribution >= 0.6 is 12.6 Å². The first kappa shape index (κ1) is 13.0. The largest absolute Gasteiger partial charge is 1.00 e. The molecular weight excluding hydrogens is 195 g/mol. The summed E-state index contributed by atoms with van der Waals surface area (Å²) in [5.41, 5.74) is 0.643. The third-order valence-electron chi connectivity index (χ3n) is 1.59. The Labute approximate surface area is 105 Å². The first-order chi connectivity index (χ1) is 5.65. The van der Waals surface area contributed by atoms with Crippen LogP contribution in [0.3, 0.4) is 0 Å². The van der Waals surface area contributed by atoms with Crippen molar-refractivity contribution in [1.82, 2.24) is 0 Å². The fourth-order valence-electron chi connectivity index (χ4n) is 0.897. The molecule has 13 heavy (non-hydrogen) atoms. The molecule has 0 bridgehead atoms. The Balaban J connectivity index is 0.00000144. The van der Waals surface area contributed by atoms with Crippen LogP contribution in [0.1, 0.15) is 17.3 Å². The van der Waals surface area contributed by atoms with E-state index in [1.807, 2.05) is 0 Å². The number of Topliss-reactive ketones (excluding diaryl/α,β-unsaturated/α-hetero) is 1. The number of hydrogen-bond donors (Lipinski definition) is 1. The number of thiol groups is 1. The summed E-state index contributed by atoms with van der Waals surface area (Å²) in [7, 11) is 1.55. The molecule has 0 N–H and O–H groups in total. The Morgan fingerprint density at radius 1 is 1.46 bits per heavy atom. The number of hydrogen-bond acceptors (Lipinski definition) is 3. The van der Waals surface area contributed by atoms with Gasteiger partial charge in [0.05, 0.1) is 7.11 Å². The topological polar surface area (TPSA) is 26.3 Å². The van der Waals surface area contributed by atoms with Gasteiger partial charge in [0.25, 0.3) is 0 Å². The molecule has 0 saturated heterocycles. The monoisotopic (exact) mass is 205 g/mol. The van der Waals surface area contributed by atoms with Gasteiger partial charge < -0.3 is 4.74 Å². The maximum absolute atomic E-state index is 10.9. The molecule has 0 unspecified atom stereocenters. The van der Waals surface area contributed by atoms with Crippen LogP contribution in [0.4, 0.5) is 0 Å². The molecule has 2 nitrogen and oxygen atoms in total. The van der Waals surface area contributed by atoms with E-state index in [-0.39, 0.29) is 35.3 Å². The van der Waals surface area contributed by atoms with Gasteiger partial charge in [-0.1, -0.05) is 6.07 Å². The van der Waals surface area contributed by atoms with Gasteiger partial charge in [0.2, 0.25) is 0 Å². The molecule has 0 heterocycles. The quantitative estimate of drug-likeness (QED) is 0.388. The molecule has 0 saturated carbocycles. The van der Waals surface area contributed by atoms with Crippen molar-refractivity contribution in [3.63, 3.8) is 0 Å². The minimum Gasteiger partial charge on any atom is -0.496 e. The first-order valence-electron chi connectivity index (χ1n) is 3.53. The summed E-state index contributed by atoms with van der Waals surface area (Å²) in [6.45, 7) is 1.52. The Morgan fingerprint density at radius 3 is 2.54 bits per heavy atom. The molecule has 64 valence electrons. The molecule has 0 atom stereocenters. The zero-order chi connectivity index (χ0) is 9.14. The predicted octanol–water partition coefficient (Wildman–Crippen LogP) is -0.810. The van der Waals surface area contributed by atoms with Crippen LogP contribution in [0.2, 0.25) is 0 Å². The van der Waals surface area contributed by atoms with Crippen LogP contribution in [0.15, 0.2) is 23.1 Å². The van der Waals surface area contributed by atoms with Crippen LogP contribution in [-0.2, 0) is 0 Å². The van der Waals surface area contributed by atoms with E-state index in [0.29, 0.717) is 11.3 Å². The van der Waals surface area contributed by atoms with E-state index in [0.717, 1.165) is 4.90 Å². The third-order valence-corrected chi connectivity index (χ3v) is 1.96. The summed E-state index contributed by atoms with van der Waals surface area (Å²) < 4.78 is 5.01. The summed E-state index contributed by atoms with van der Waals surface area (Å²) in [6.07, 6.45) is 0. The summed E-state index contributed by atoms with van der Waals surface area (Å²) >= 11 is 4.16. The van der Waals surface area contributed by atoms with Crippen molar-refractivity contribution in [3.05, 3.63) is 23.8 Å². The molecule has 1 aromatic rings. The molecule has 0 radical (unpaired) electrons. The second-order valence-electron chi connectivity index (χ2n) is 2.44. The van der Waals surface area contributed by atoms with E-state index in [1.165, 1.54) is 6.92 Å². The van der Waals surface area contributed by atoms with Crippen molar-refractivity contribution in [2.75, 3.05) is 7.11 Å². The van der Waals surface area contributed by atoms with E-state index in [2.05, 4.69) is 12.6 Å². The number of benzene rings is 1. The average Bonchev–Trinajstić information content (AvgIpc) is 2.05. The molecular formula is C9H10NaO2S+. The van der Waals surface area contributed by atoms with Crippen molar-refractivity contribution in [3.8, 4) is 5.75 Å². The van der Waals surface area contributed by atoms with Crippen LogP contribution in [0.5, 0.6) is 5.75 Å². The number of rotatable bonds is 2. The first-order valence-corrected chi connectivity index (χ1v) is 3.98. The van der Waals surface area contributed by atoms with Crippen LogP contribution < -0.4 is 34.3 Å². The minimum absolute atomic E-state index is 0. The molecule has 0 aromatic heterocycles. The van der Waals surface area contributed by atoms with Crippen molar-refractivity contribution < 1.29 is 39.1 Å². The van der Waals surface area contributed by atoms with Gasteiger partial charge in [0, 0.05) is 10.5 Å². The predicted molar refractivity (Wildman–Crippen MR) is 50.3 cm³/mol. The molecule has 0 aliphatic heterocycles. The molecule has 0 aliphatic carbocycles. The van der Waals surface area contributed by atoms with Crippen molar-refractivity contribution >= 4 is 18.4 Å². The third kappa shape index (κ3) is 3.35. The van der Waals surface area contributed by atoms with Gasteiger partial charge in [-0.15, -0.1) is 12.6 Å². The Bertz CT molecular complexity index is 312. The number of carbonyl (C=O) groups excluding carboxylic acids is 1. The average molecular weight is 205 g/mol. The van der Waals surface area contributed by atoms with Gasteiger partial charge >= 0.3 is 29.6 Å². The molecule has 1 aromatic carbocycles. The minimum atomic E-state index is 0. The number of methoxy groups -OCH3 is 1. The molecule has 0 fully saturated rings. The van der Waals surface area contributed by atoms with E-state index >= 15 is 0 Å². The zero-order valence-corrected chi connectivity index (χ0v) is 10.9. The molecule has 0 spiro atoms. The van der Waals surface area contributed by atoms with Crippen LogP contribution in [-0.4, -0.2) is 12.9 Å². The van der Waals surface area contributed by atoms with E-state index in [1.54, 1.807) is 25.3 Å². The Hall–Kier alpha value is 0.0400. The standard InChI is InChI=1S/C9H10O2S.Na/c1-6(10)7-3-4-9(12)8(5-7)11-2;/h3-5,12H,1-2H3;/q;+1. The molecule has 0 aliphatic rings.